The van der Waals surface area contributed by atoms with Crippen molar-refractivity contribution in [1.29, 1.82) is 0 Å². The fourth-order valence-corrected chi connectivity index (χ4v) is 1.85. The Kier molecular flexibility index (Phi) is 2.86. The van der Waals surface area contributed by atoms with Gasteiger partial charge in [0.05, 0.1) is 5.69 Å². The number of hydrogen-bond acceptors (Lipinski definition) is 4. The summed E-state index contributed by atoms with van der Waals surface area (Å²) >= 11 is 0. The van der Waals surface area contributed by atoms with Crippen LogP contribution < -0.4 is 5.73 Å². The summed E-state index contributed by atoms with van der Waals surface area (Å²) in [6.45, 7) is 0. The van der Waals surface area contributed by atoms with Gasteiger partial charge < -0.3 is 5.73 Å². The maximum atomic E-state index is 13.3. The maximum absolute atomic E-state index is 13.3. The molecule has 3 aromatic rings. The van der Waals surface area contributed by atoms with E-state index in [1.807, 2.05) is 0 Å². The lowest BCUT2D eigenvalue weighted by Gasteiger charge is -2.07. The highest BCUT2D eigenvalue weighted by Crippen LogP contribution is 2.25. The highest BCUT2D eigenvalue weighted by Gasteiger charge is 2.14. The van der Waals surface area contributed by atoms with Gasteiger partial charge in [-0.05, 0) is 34.7 Å². The van der Waals surface area contributed by atoms with Crippen LogP contribution >= 0.6 is 0 Å². The number of anilines is 1. The summed E-state index contributed by atoms with van der Waals surface area (Å²) in [6.07, 6.45) is 0. The number of rotatable bonds is 2. The number of halogens is 2. The molecule has 0 radical (unpaired) electrons. The molecule has 0 aliphatic rings. The van der Waals surface area contributed by atoms with Crippen molar-refractivity contribution in [2.45, 2.75) is 0 Å². The van der Waals surface area contributed by atoms with Gasteiger partial charge in [-0.25, -0.2) is 8.78 Å². The number of tetrazole rings is 1. The molecular formula is C13H9F2N5. The van der Waals surface area contributed by atoms with Crippen LogP contribution in [0.5, 0.6) is 0 Å². The molecule has 20 heavy (non-hydrogen) atoms. The van der Waals surface area contributed by atoms with Crippen molar-refractivity contribution in [2.24, 2.45) is 0 Å². The largest absolute Gasteiger partial charge is 0.398 e. The Hall–Kier alpha value is -2.83. The summed E-state index contributed by atoms with van der Waals surface area (Å²) in [4.78, 5) is 0. The van der Waals surface area contributed by atoms with Gasteiger partial charge in [0.25, 0.3) is 0 Å². The first-order valence-electron chi connectivity index (χ1n) is 5.75. The fraction of sp³-hybridized carbons (Fsp3) is 0. The van der Waals surface area contributed by atoms with Gasteiger partial charge in [0, 0.05) is 17.3 Å². The van der Waals surface area contributed by atoms with Crippen molar-refractivity contribution >= 4 is 5.69 Å². The zero-order chi connectivity index (χ0) is 14.1. The van der Waals surface area contributed by atoms with E-state index in [1.165, 1.54) is 10.7 Å². The van der Waals surface area contributed by atoms with Crippen LogP contribution in [0.3, 0.4) is 0 Å². The van der Waals surface area contributed by atoms with Crippen LogP contribution in [0.2, 0.25) is 0 Å². The minimum absolute atomic E-state index is 0.312. The number of para-hydroxylation sites is 1. The van der Waals surface area contributed by atoms with Crippen molar-refractivity contribution in [2.75, 3.05) is 5.73 Å². The zero-order valence-electron chi connectivity index (χ0n) is 10.2. The Morgan fingerprint density at radius 3 is 2.55 bits per heavy atom. The fourth-order valence-electron chi connectivity index (χ4n) is 1.85. The topological polar surface area (TPSA) is 69.6 Å². The third-order valence-electron chi connectivity index (χ3n) is 2.82. The molecule has 0 bridgehead atoms. The third kappa shape index (κ3) is 1.99. The highest BCUT2D eigenvalue weighted by molar-refractivity contribution is 5.72. The molecular weight excluding hydrogens is 264 g/mol. The van der Waals surface area contributed by atoms with Crippen molar-refractivity contribution in [1.82, 2.24) is 20.2 Å². The first kappa shape index (κ1) is 12.2. The second-order valence-corrected chi connectivity index (χ2v) is 4.10. The smallest absolute Gasteiger partial charge is 0.189 e. The van der Waals surface area contributed by atoms with Gasteiger partial charge in [0.15, 0.2) is 17.5 Å². The highest BCUT2D eigenvalue weighted by atomic mass is 19.2. The summed E-state index contributed by atoms with van der Waals surface area (Å²) in [5.41, 5.74) is 7.29. The van der Waals surface area contributed by atoms with Crippen molar-refractivity contribution in [3.8, 4) is 17.1 Å². The SMILES string of the molecule is Nc1ccccc1-c1nnnn1-c1ccc(F)c(F)c1. The first-order valence-corrected chi connectivity index (χ1v) is 5.75. The molecule has 0 saturated carbocycles. The molecule has 1 aromatic heterocycles. The molecule has 0 saturated heterocycles. The lowest BCUT2D eigenvalue weighted by atomic mass is 10.1. The quantitative estimate of drug-likeness (QED) is 0.727. The molecule has 7 heteroatoms. The molecule has 5 nitrogen and oxygen atoms in total. The molecule has 2 aromatic carbocycles. The van der Waals surface area contributed by atoms with Crippen molar-refractivity contribution in [3.63, 3.8) is 0 Å². The Bertz CT molecular complexity index is 769. The summed E-state index contributed by atoms with van der Waals surface area (Å²) < 4.78 is 27.6. The molecule has 0 fully saturated rings. The van der Waals surface area contributed by atoms with Gasteiger partial charge >= 0.3 is 0 Å². The maximum Gasteiger partial charge on any atom is 0.189 e. The molecule has 100 valence electrons. The number of nitrogen functional groups attached to an aromatic ring is 1. The molecule has 0 spiro atoms. The van der Waals surface area contributed by atoms with E-state index in [-0.39, 0.29) is 0 Å². The van der Waals surface area contributed by atoms with E-state index in [1.54, 1.807) is 24.3 Å². The van der Waals surface area contributed by atoms with E-state index in [0.717, 1.165) is 12.1 Å². The predicted molar refractivity (Wildman–Crippen MR) is 68.9 cm³/mol. The first-order chi connectivity index (χ1) is 9.66. The van der Waals surface area contributed by atoms with Crippen LogP contribution in [-0.4, -0.2) is 20.2 Å². The molecule has 0 aliphatic carbocycles. The normalized spacial score (nSPS) is 10.7. The van der Waals surface area contributed by atoms with Crippen molar-refractivity contribution < 1.29 is 8.78 Å². The van der Waals surface area contributed by atoms with Gasteiger partial charge in [-0.1, -0.05) is 12.1 Å². The molecule has 0 aliphatic heterocycles. The van der Waals surface area contributed by atoms with Crippen LogP contribution in [-0.2, 0) is 0 Å². The van der Waals surface area contributed by atoms with Crippen LogP contribution in [0.15, 0.2) is 42.5 Å². The summed E-state index contributed by atoms with van der Waals surface area (Å²) in [5, 5.41) is 11.2. The predicted octanol–water partition coefficient (Wildman–Crippen LogP) is 2.19. The lowest BCUT2D eigenvalue weighted by molar-refractivity contribution is 0.507. The van der Waals surface area contributed by atoms with E-state index in [9.17, 15) is 8.78 Å². The molecule has 0 unspecified atom stereocenters. The van der Waals surface area contributed by atoms with E-state index >= 15 is 0 Å². The average Bonchev–Trinajstić information content (AvgIpc) is 2.91. The van der Waals surface area contributed by atoms with Gasteiger partial charge in [-0.15, -0.1) is 5.10 Å². The number of aromatic nitrogens is 4. The second-order valence-electron chi connectivity index (χ2n) is 4.10. The summed E-state index contributed by atoms with van der Waals surface area (Å²) in [6, 6.07) is 10.5. The van der Waals surface area contributed by atoms with Gasteiger partial charge in [0.1, 0.15) is 0 Å². The van der Waals surface area contributed by atoms with E-state index in [2.05, 4.69) is 15.5 Å². The standard InChI is InChI=1S/C13H9F2N5/c14-10-6-5-8(7-11(10)15)20-13(17-18-19-20)9-3-1-2-4-12(9)16/h1-7H,16H2. The molecule has 2 N–H and O–H groups in total. The van der Waals surface area contributed by atoms with Crippen LogP contribution in [0.4, 0.5) is 14.5 Å². The van der Waals surface area contributed by atoms with Gasteiger partial charge in [0.2, 0.25) is 0 Å². The summed E-state index contributed by atoms with van der Waals surface area (Å²) in [5.74, 6) is -1.54. The molecule has 3 rings (SSSR count). The van der Waals surface area contributed by atoms with Crippen LogP contribution in [0, 0.1) is 11.6 Å². The van der Waals surface area contributed by atoms with Gasteiger partial charge in [-0.2, -0.15) is 4.68 Å². The number of nitrogens with zero attached hydrogens (tertiary/aromatic N) is 4. The Balaban J connectivity index is 2.15. The lowest BCUT2D eigenvalue weighted by Crippen LogP contribution is -2.02. The van der Waals surface area contributed by atoms with Crippen molar-refractivity contribution in [3.05, 3.63) is 54.1 Å². The second kappa shape index (κ2) is 4.69. The average molecular weight is 273 g/mol. The number of nitrogens with two attached hydrogens (primary N) is 1. The van der Waals surface area contributed by atoms with E-state index in [4.69, 9.17) is 5.73 Å². The minimum Gasteiger partial charge on any atom is -0.398 e. The Morgan fingerprint density at radius 2 is 1.80 bits per heavy atom. The molecule has 0 atom stereocenters. The molecule has 0 amide bonds. The van der Waals surface area contributed by atoms with Crippen LogP contribution in [0.1, 0.15) is 0 Å². The zero-order valence-corrected chi connectivity index (χ0v) is 10.2. The monoisotopic (exact) mass is 273 g/mol. The third-order valence-corrected chi connectivity index (χ3v) is 2.82. The number of hydrogen-bond donors (Lipinski definition) is 1. The van der Waals surface area contributed by atoms with Crippen LogP contribution in [0.25, 0.3) is 17.1 Å². The van der Waals surface area contributed by atoms with Gasteiger partial charge in [-0.3, -0.25) is 0 Å². The van der Waals surface area contributed by atoms with E-state index in [0.29, 0.717) is 22.8 Å². The number of benzene rings is 2. The van der Waals surface area contributed by atoms with E-state index < -0.39 is 11.6 Å². The summed E-state index contributed by atoms with van der Waals surface area (Å²) in [7, 11) is 0. The molecule has 1 heterocycles. The minimum atomic E-state index is -0.968. The Morgan fingerprint density at radius 1 is 1.00 bits per heavy atom. The Labute approximate surface area is 112 Å².